The van der Waals surface area contributed by atoms with Gasteiger partial charge in [-0.3, -0.25) is 0 Å². The molecule has 17 heavy (non-hydrogen) atoms. The van der Waals surface area contributed by atoms with Crippen LogP contribution >= 0.6 is 0 Å². The molecule has 1 aromatic carbocycles. The number of nitrogens with zero attached hydrogens (tertiary/aromatic N) is 1. The van der Waals surface area contributed by atoms with Crippen LogP contribution < -0.4 is 0 Å². The first-order chi connectivity index (χ1) is 7.80. The second kappa shape index (κ2) is 5.16. The topological polar surface area (TPSA) is 57.6 Å². The van der Waals surface area contributed by atoms with E-state index in [1.165, 1.54) is 10.4 Å². The minimum Gasteiger partial charge on any atom is -0.392 e. The molecular weight excluding hydrogens is 238 g/mol. The standard InChI is InChI=1S/C12H19NO3S/c1-9(2)13(4)17(15,16)12-6-5-11(8-14)10(3)7-12/h5-7,9,14H,8H2,1-4H3. The molecule has 0 aromatic heterocycles. The lowest BCUT2D eigenvalue weighted by atomic mass is 10.1. The van der Waals surface area contributed by atoms with Gasteiger partial charge in [0.1, 0.15) is 0 Å². The molecule has 1 rings (SSSR count). The molecule has 1 aromatic rings. The van der Waals surface area contributed by atoms with E-state index in [0.29, 0.717) is 0 Å². The molecule has 0 bridgehead atoms. The SMILES string of the molecule is Cc1cc(S(=O)(=O)N(C)C(C)C)ccc1CO. The van der Waals surface area contributed by atoms with Crippen molar-refractivity contribution in [2.75, 3.05) is 7.05 Å². The van der Waals surface area contributed by atoms with Gasteiger partial charge in [-0.15, -0.1) is 0 Å². The quantitative estimate of drug-likeness (QED) is 0.889. The summed E-state index contributed by atoms with van der Waals surface area (Å²) in [6.07, 6.45) is 0. The molecule has 0 unspecified atom stereocenters. The predicted molar refractivity (Wildman–Crippen MR) is 67.2 cm³/mol. The van der Waals surface area contributed by atoms with E-state index in [-0.39, 0.29) is 17.5 Å². The van der Waals surface area contributed by atoms with Gasteiger partial charge in [0.25, 0.3) is 0 Å². The number of hydrogen-bond donors (Lipinski definition) is 1. The molecule has 96 valence electrons. The van der Waals surface area contributed by atoms with Gasteiger partial charge in [0.15, 0.2) is 0 Å². The minimum absolute atomic E-state index is 0.0772. The zero-order valence-electron chi connectivity index (χ0n) is 10.6. The Kier molecular flexibility index (Phi) is 4.30. The normalized spacial score (nSPS) is 12.4. The van der Waals surface area contributed by atoms with Gasteiger partial charge >= 0.3 is 0 Å². The van der Waals surface area contributed by atoms with Crippen molar-refractivity contribution in [3.63, 3.8) is 0 Å². The highest BCUT2D eigenvalue weighted by Crippen LogP contribution is 2.19. The summed E-state index contributed by atoms with van der Waals surface area (Å²) in [5.74, 6) is 0. The molecule has 5 heteroatoms. The Labute approximate surface area is 103 Å². The van der Waals surface area contributed by atoms with Crippen LogP contribution in [-0.2, 0) is 16.6 Å². The van der Waals surface area contributed by atoms with Crippen LogP contribution in [0.2, 0.25) is 0 Å². The van der Waals surface area contributed by atoms with Crippen LogP contribution in [0, 0.1) is 6.92 Å². The third-order valence-corrected chi connectivity index (χ3v) is 4.92. The van der Waals surface area contributed by atoms with Gasteiger partial charge in [0.05, 0.1) is 11.5 Å². The largest absolute Gasteiger partial charge is 0.392 e. The maximum Gasteiger partial charge on any atom is 0.243 e. The van der Waals surface area contributed by atoms with Crippen molar-refractivity contribution in [1.82, 2.24) is 4.31 Å². The number of benzene rings is 1. The molecule has 0 fully saturated rings. The fourth-order valence-electron chi connectivity index (χ4n) is 1.45. The van der Waals surface area contributed by atoms with Gasteiger partial charge in [-0.25, -0.2) is 8.42 Å². The lowest BCUT2D eigenvalue weighted by Gasteiger charge is -2.21. The van der Waals surface area contributed by atoms with Crippen LogP contribution in [0.3, 0.4) is 0 Å². The Balaban J connectivity index is 3.21. The second-order valence-corrected chi connectivity index (χ2v) is 6.36. The summed E-state index contributed by atoms with van der Waals surface area (Å²) in [5, 5.41) is 9.05. The summed E-state index contributed by atoms with van der Waals surface area (Å²) >= 11 is 0. The van der Waals surface area contributed by atoms with Crippen LogP contribution in [0.25, 0.3) is 0 Å². The van der Waals surface area contributed by atoms with Crippen LogP contribution in [0.5, 0.6) is 0 Å². The fraction of sp³-hybridized carbons (Fsp3) is 0.500. The Morgan fingerprint density at radius 3 is 2.35 bits per heavy atom. The van der Waals surface area contributed by atoms with E-state index < -0.39 is 10.0 Å². The van der Waals surface area contributed by atoms with Crippen LogP contribution in [0.1, 0.15) is 25.0 Å². The van der Waals surface area contributed by atoms with Crippen molar-refractivity contribution in [1.29, 1.82) is 0 Å². The summed E-state index contributed by atoms with van der Waals surface area (Å²) in [5.41, 5.74) is 1.53. The molecule has 0 saturated heterocycles. The zero-order valence-corrected chi connectivity index (χ0v) is 11.5. The maximum atomic E-state index is 12.2. The van der Waals surface area contributed by atoms with E-state index in [2.05, 4.69) is 0 Å². The summed E-state index contributed by atoms with van der Waals surface area (Å²) in [6, 6.07) is 4.70. The Morgan fingerprint density at radius 2 is 1.94 bits per heavy atom. The first kappa shape index (κ1) is 14.2. The number of aryl methyl sites for hydroxylation is 1. The highest BCUT2D eigenvalue weighted by molar-refractivity contribution is 7.89. The molecule has 0 aliphatic heterocycles. The van der Waals surface area contributed by atoms with Crippen LogP contribution in [-0.4, -0.2) is 30.9 Å². The summed E-state index contributed by atoms with van der Waals surface area (Å²) in [7, 11) is -1.87. The highest BCUT2D eigenvalue weighted by atomic mass is 32.2. The Hall–Kier alpha value is -0.910. The van der Waals surface area contributed by atoms with Crippen molar-refractivity contribution in [2.24, 2.45) is 0 Å². The molecule has 0 radical (unpaired) electrons. The molecule has 4 nitrogen and oxygen atoms in total. The molecule has 0 heterocycles. The molecule has 0 saturated carbocycles. The summed E-state index contributed by atoms with van der Waals surface area (Å²) < 4.78 is 25.7. The zero-order chi connectivity index (χ0) is 13.2. The number of aliphatic hydroxyl groups excluding tert-OH is 1. The van der Waals surface area contributed by atoms with Crippen LogP contribution in [0.15, 0.2) is 23.1 Å². The van der Waals surface area contributed by atoms with E-state index in [9.17, 15) is 8.42 Å². The first-order valence-corrected chi connectivity index (χ1v) is 6.93. The average molecular weight is 257 g/mol. The van der Waals surface area contributed by atoms with Crippen molar-refractivity contribution >= 4 is 10.0 Å². The molecule has 0 spiro atoms. The third kappa shape index (κ3) is 2.86. The smallest absolute Gasteiger partial charge is 0.243 e. The molecule has 0 amide bonds. The van der Waals surface area contributed by atoms with Crippen molar-refractivity contribution < 1.29 is 13.5 Å². The van der Waals surface area contributed by atoms with E-state index in [4.69, 9.17) is 5.11 Å². The van der Waals surface area contributed by atoms with Gasteiger partial charge in [-0.1, -0.05) is 6.07 Å². The van der Waals surface area contributed by atoms with Gasteiger partial charge in [-0.05, 0) is 44.0 Å². The first-order valence-electron chi connectivity index (χ1n) is 5.49. The van der Waals surface area contributed by atoms with Crippen molar-refractivity contribution in [3.8, 4) is 0 Å². The summed E-state index contributed by atoms with van der Waals surface area (Å²) in [4.78, 5) is 0.267. The van der Waals surface area contributed by atoms with E-state index >= 15 is 0 Å². The second-order valence-electron chi connectivity index (χ2n) is 4.36. The van der Waals surface area contributed by atoms with Crippen molar-refractivity contribution in [2.45, 2.75) is 38.3 Å². The highest BCUT2D eigenvalue weighted by Gasteiger charge is 2.23. The molecule has 0 atom stereocenters. The number of aliphatic hydroxyl groups is 1. The Morgan fingerprint density at radius 1 is 1.35 bits per heavy atom. The number of sulfonamides is 1. The van der Waals surface area contributed by atoms with E-state index in [1.807, 2.05) is 13.8 Å². The molecule has 1 N–H and O–H groups in total. The Bertz CT molecular complexity index is 494. The fourth-order valence-corrected chi connectivity index (χ4v) is 2.90. The lowest BCUT2D eigenvalue weighted by Crippen LogP contribution is -2.33. The molecular formula is C12H19NO3S. The minimum atomic E-state index is -3.43. The van der Waals surface area contributed by atoms with E-state index in [1.54, 1.807) is 26.1 Å². The number of hydrogen-bond acceptors (Lipinski definition) is 3. The van der Waals surface area contributed by atoms with Gasteiger partial charge in [-0.2, -0.15) is 4.31 Å². The van der Waals surface area contributed by atoms with Crippen molar-refractivity contribution in [3.05, 3.63) is 29.3 Å². The average Bonchev–Trinajstić information content (AvgIpc) is 2.27. The summed E-state index contributed by atoms with van der Waals surface area (Å²) in [6.45, 7) is 5.37. The van der Waals surface area contributed by atoms with Gasteiger partial charge in [0, 0.05) is 13.1 Å². The van der Waals surface area contributed by atoms with Gasteiger partial charge in [0.2, 0.25) is 10.0 Å². The monoisotopic (exact) mass is 257 g/mol. The maximum absolute atomic E-state index is 12.2. The van der Waals surface area contributed by atoms with Gasteiger partial charge < -0.3 is 5.11 Å². The predicted octanol–water partition coefficient (Wildman–Crippen LogP) is 1.52. The number of rotatable bonds is 4. The molecule has 0 aliphatic rings. The third-order valence-electron chi connectivity index (χ3n) is 2.89. The van der Waals surface area contributed by atoms with Crippen LogP contribution in [0.4, 0.5) is 0 Å². The lowest BCUT2D eigenvalue weighted by molar-refractivity contribution is 0.281. The van der Waals surface area contributed by atoms with E-state index in [0.717, 1.165) is 11.1 Å². The molecule has 0 aliphatic carbocycles.